The quantitative estimate of drug-likeness (QED) is 0.803. The molecule has 2 amide bonds. The molecule has 4 aliphatic rings. The third kappa shape index (κ3) is 2.35. The average molecular weight is 405 g/mol. The van der Waals surface area contributed by atoms with Crippen molar-refractivity contribution in [1.29, 1.82) is 0 Å². The third-order valence-corrected chi connectivity index (χ3v) is 6.90. The summed E-state index contributed by atoms with van der Waals surface area (Å²) < 4.78 is 11.2. The normalized spacial score (nSPS) is 28.9. The van der Waals surface area contributed by atoms with Gasteiger partial charge in [-0.05, 0) is 44.0 Å². The number of hydrogen-bond donors (Lipinski definition) is 2. The number of fused-ring (bicyclic) bond motifs is 5. The van der Waals surface area contributed by atoms with Crippen molar-refractivity contribution in [1.82, 2.24) is 4.90 Å². The first-order valence-corrected chi connectivity index (χ1v) is 10.6. The molecule has 0 aromatic heterocycles. The van der Waals surface area contributed by atoms with Gasteiger partial charge in [-0.1, -0.05) is 18.2 Å². The van der Waals surface area contributed by atoms with Crippen molar-refractivity contribution in [3.63, 3.8) is 0 Å². The Hall–Kier alpha value is -3.06. The van der Waals surface area contributed by atoms with Crippen LogP contribution in [-0.2, 0) is 15.1 Å². The van der Waals surface area contributed by atoms with Gasteiger partial charge in [0.05, 0.1) is 5.92 Å². The first-order chi connectivity index (χ1) is 14.7. The molecule has 2 aromatic carbocycles. The zero-order chi connectivity index (χ0) is 20.3. The van der Waals surface area contributed by atoms with E-state index < -0.39 is 11.5 Å². The molecule has 0 aliphatic carbocycles. The molecular weight excluding hydrogens is 382 g/mol. The maximum Gasteiger partial charge on any atom is 0.250 e. The summed E-state index contributed by atoms with van der Waals surface area (Å²) in [5, 5.41) is 6.08. The fourth-order valence-electron chi connectivity index (χ4n) is 5.73. The summed E-state index contributed by atoms with van der Waals surface area (Å²) in [5.74, 6) is 0.633. The van der Waals surface area contributed by atoms with Crippen LogP contribution in [0.25, 0.3) is 0 Å². The van der Waals surface area contributed by atoms with Crippen LogP contribution in [0.15, 0.2) is 42.5 Å². The van der Waals surface area contributed by atoms with E-state index in [0.717, 1.165) is 30.6 Å². The number of benzene rings is 2. The molecule has 30 heavy (non-hydrogen) atoms. The number of para-hydroxylation sites is 1. The van der Waals surface area contributed by atoms with Gasteiger partial charge in [-0.25, -0.2) is 0 Å². The van der Waals surface area contributed by atoms with Crippen molar-refractivity contribution in [3.8, 4) is 11.5 Å². The summed E-state index contributed by atoms with van der Waals surface area (Å²) in [4.78, 5) is 29.2. The lowest BCUT2D eigenvalue weighted by atomic mass is 9.78. The van der Waals surface area contributed by atoms with E-state index in [1.165, 1.54) is 0 Å². The van der Waals surface area contributed by atoms with Crippen LogP contribution in [0.2, 0.25) is 0 Å². The Labute approximate surface area is 174 Å². The van der Waals surface area contributed by atoms with Gasteiger partial charge in [0.1, 0.15) is 18.8 Å². The predicted octanol–water partition coefficient (Wildman–Crippen LogP) is 2.73. The van der Waals surface area contributed by atoms with Crippen molar-refractivity contribution >= 4 is 23.2 Å². The van der Waals surface area contributed by atoms with Crippen molar-refractivity contribution in [2.45, 2.75) is 30.8 Å². The molecule has 2 saturated heterocycles. The number of hydrogen-bond acceptors (Lipinski definition) is 5. The lowest BCUT2D eigenvalue weighted by Crippen LogP contribution is -2.53. The number of carbonyl (C=O) groups excluding carboxylic acids is 2. The molecule has 0 radical (unpaired) electrons. The Kier molecular flexibility index (Phi) is 3.83. The second kappa shape index (κ2) is 6.47. The van der Waals surface area contributed by atoms with Crippen LogP contribution >= 0.6 is 0 Å². The zero-order valence-corrected chi connectivity index (χ0v) is 16.5. The third-order valence-electron chi connectivity index (χ3n) is 6.90. The Balaban J connectivity index is 1.37. The first kappa shape index (κ1) is 17.8. The summed E-state index contributed by atoms with van der Waals surface area (Å²) in [6.45, 7) is 1.85. The lowest BCUT2D eigenvalue weighted by molar-refractivity contribution is -0.135. The number of anilines is 2. The van der Waals surface area contributed by atoms with Gasteiger partial charge in [-0.3, -0.25) is 14.5 Å². The highest BCUT2D eigenvalue weighted by Gasteiger charge is 2.65. The number of amides is 2. The van der Waals surface area contributed by atoms with E-state index in [4.69, 9.17) is 9.47 Å². The van der Waals surface area contributed by atoms with Crippen LogP contribution in [0.3, 0.4) is 0 Å². The van der Waals surface area contributed by atoms with Crippen LogP contribution in [-0.4, -0.2) is 42.5 Å². The minimum Gasteiger partial charge on any atom is -0.486 e. The summed E-state index contributed by atoms with van der Waals surface area (Å²) in [7, 11) is 0. The van der Waals surface area contributed by atoms with Crippen LogP contribution in [0.1, 0.15) is 24.8 Å². The van der Waals surface area contributed by atoms with Crippen molar-refractivity contribution in [3.05, 3.63) is 48.0 Å². The minimum absolute atomic E-state index is 0.0876. The van der Waals surface area contributed by atoms with Crippen LogP contribution < -0.4 is 20.1 Å². The highest BCUT2D eigenvalue weighted by atomic mass is 16.6. The molecule has 3 atom stereocenters. The van der Waals surface area contributed by atoms with Gasteiger partial charge in [0.15, 0.2) is 11.5 Å². The van der Waals surface area contributed by atoms with E-state index in [0.29, 0.717) is 36.8 Å². The average Bonchev–Trinajstić information content (AvgIpc) is 3.42. The monoisotopic (exact) mass is 405 g/mol. The summed E-state index contributed by atoms with van der Waals surface area (Å²) in [6, 6.07) is 13.4. The molecular formula is C23H23N3O4. The van der Waals surface area contributed by atoms with Crippen molar-refractivity contribution < 1.29 is 19.1 Å². The molecule has 0 saturated carbocycles. The van der Waals surface area contributed by atoms with Gasteiger partial charge in [-0.15, -0.1) is 0 Å². The zero-order valence-electron chi connectivity index (χ0n) is 16.5. The van der Waals surface area contributed by atoms with E-state index in [-0.39, 0.29) is 17.9 Å². The Morgan fingerprint density at radius 2 is 1.97 bits per heavy atom. The smallest absolute Gasteiger partial charge is 0.250 e. The number of carbonyl (C=O) groups is 2. The maximum absolute atomic E-state index is 13.5. The number of nitrogens with one attached hydrogen (secondary N) is 2. The van der Waals surface area contributed by atoms with Gasteiger partial charge in [-0.2, -0.15) is 0 Å². The van der Waals surface area contributed by atoms with E-state index in [1.807, 2.05) is 36.4 Å². The standard InChI is InChI=1S/C23H23N3O4/c27-21(24-14-7-8-19-20(12-14)30-11-10-29-19)17-13-15-4-3-9-26(15)23(17)16-5-1-2-6-18(16)25-22(23)28/h1-2,5-8,12,15,17H,3-4,9-11,13H2,(H,24,27)(H,25,28). The lowest BCUT2D eigenvalue weighted by Gasteiger charge is -2.36. The SMILES string of the molecule is O=C(Nc1ccc2c(c1)OCCO2)C1CC2CCCN2C12C(=O)Nc1ccccc12. The first-order valence-electron chi connectivity index (χ1n) is 10.6. The molecule has 0 bridgehead atoms. The predicted molar refractivity (Wildman–Crippen MR) is 111 cm³/mol. The van der Waals surface area contributed by atoms with Gasteiger partial charge in [0, 0.05) is 29.0 Å². The highest BCUT2D eigenvalue weighted by molar-refractivity contribution is 6.10. The molecule has 3 unspecified atom stereocenters. The topological polar surface area (TPSA) is 79.9 Å². The Morgan fingerprint density at radius 3 is 2.87 bits per heavy atom. The Bertz CT molecular complexity index is 1050. The maximum atomic E-state index is 13.5. The van der Waals surface area contributed by atoms with Crippen LogP contribution in [0.4, 0.5) is 11.4 Å². The molecule has 2 aromatic rings. The fraction of sp³-hybridized carbons (Fsp3) is 0.391. The largest absolute Gasteiger partial charge is 0.486 e. The molecule has 2 N–H and O–H groups in total. The van der Waals surface area contributed by atoms with Crippen molar-refractivity contribution in [2.24, 2.45) is 5.92 Å². The fourth-order valence-corrected chi connectivity index (χ4v) is 5.73. The second-order valence-electron chi connectivity index (χ2n) is 8.39. The molecule has 1 spiro atoms. The number of nitrogens with zero attached hydrogens (tertiary/aromatic N) is 1. The number of rotatable bonds is 2. The summed E-state index contributed by atoms with van der Waals surface area (Å²) in [5.41, 5.74) is 1.45. The van der Waals surface area contributed by atoms with E-state index in [2.05, 4.69) is 15.5 Å². The molecule has 7 heteroatoms. The molecule has 154 valence electrons. The molecule has 2 fully saturated rings. The minimum atomic E-state index is -0.935. The highest BCUT2D eigenvalue weighted by Crippen LogP contribution is 2.55. The van der Waals surface area contributed by atoms with E-state index in [9.17, 15) is 9.59 Å². The molecule has 4 aliphatic heterocycles. The number of ether oxygens (including phenoxy) is 2. The van der Waals surface area contributed by atoms with Gasteiger partial charge >= 0.3 is 0 Å². The summed E-state index contributed by atoms with van der Waals surface area (Å²) in [6.07, 6.45) is 2.75. The molecule has 4 heterocycles. The molecule has 7 nitrogen and oxygen atoms in total. The second-order valence-corrected chi connectivity index (χ2v) is 8.39. The van der Waals surface area contributed by atoms with E-state index in [1.54, 1.807) is 6.07 Å². The summed E-state index contributed by atoms with van der Waals surface area (Å²) >= 11 is 0. The van der Waals surface area contributed by atoms with Crippen molar-refractivity contribution in [2.75, 3.05) is 30.4 Å². The van der Waals surface area contributed by atoms with Gasteiger partial charge < -0.3 is 20.1 Å². The van der Waals surface area contributed by atoms with Crippen LogP contribution in [0, 0.1) is 5.92 Å². The van der Waals surface area contributed by atoms with E-state index >= 15 is 0 Å². The van der Waals surface area contributed by atoms with Crippen LogP contribution in [0.5, 0.6) is 11.5 Å². The molecule has 6 rings (SSSR count). The van der Waals surface area contributed by atoms with Gasteiger partial charge in [0.2, 0.25) is 11.8 Å². The van der Waals surface area contributed by atoms with Gasteiger partial charge in [0.25, 0.3) is 0 Å². The Morgan fingerprint density at radius 1 is 1.13 bits per heavy atom.